The third-order valence-corrected chi connectivity index (χ3v) is 4.37. The second kappa shape index (κ2) is 7.09. The van der Waals surface area contributed by atoms with Crippen molar-refractivity contribution in [1.29, 1.82) is 0 Å². The number of hydrogen-bond donors (Lipinski definition) is 0. The van der Waals surface area contributed by atoms with Gasteiger partial charge in [-0.3, -0.25) is 9.59 Å². The van der Waals surface area contributed by atoms with E-state index in [1.165, 1.54) is 12.1 Å². The second-order valence-electron chi connectivity index (χ2n) is 5.91. The summed E-state index contributed by atoms with van der Waals surface area (Å²) in [5.41, 5.74) is 1.60. The molecule has 4 nitrogen and oxygen atoms in total. The van der Waals surface area contributed by atoms with E-state index >= 15 is 0 Å². The smallest absolute Gasteiger partial charge is 0.193 e. The number of hydrogen-bond acceptors (Lipinski definition) is 4. The molecular weight excluding hydrogens is 364 g/mol. The minimum absolute atomic E-state index is 0.164. The maximum absolute atomic E-state index is 12.5. The summed E-state index contributed by atoms with van der Waals surface area (Å²) in [6.45, 7) is 0. The molecule has 5 heteroatoms. The fraction of sp³-hybridized carbons (Fsp3) is 0. The highest BCUT2D eigenvalue weighted by Crippen LogP contribution is 2.31. The lowest BCUT2D eigenvalue weighted by Crippen LogP contribution is -2.00. The van der Waals surface area contributed by atoms with Gasteiger partial charge in [0, 0.05) is 17.2 Å². The van der Waals surface area contributed by atoms with Crippen LogP contribution in [-0.2, 0) is 0 Å². The number of aldehydes is 1. The summed E-state index contributed by atoms with van der Waals surface area (Å²) < 4.78 is 11.6. The van der Waals surface area contributed by atoms with Gasteiger partial charge in [0.15, 0.2) is 5.43 Å². The van der Waals surface area contributed by atoms with Crippen molar-refractivity contribution in [2.75, 3.05) is 0 Å². The predicted molar refractivity (Wildman–Crippen MR) is 105 cm³/mol. The minimum atomic E-state index is -0.164. The highest BCUT2D eigenvalue weighted by molar-refractivity contribution is 6.32. The van der Waals surface area contributed by atoms with Crippen LogP contribution in [0.15, 0.2) is 82.0 Å². The monoisotopic (exact) mass is 376 g/mol. The number of halogens is 1. The van der Waals surface area contributed by atoms with Gasteiger partial charge in [-0.25, -0.2) is 0 Å². The molecule has 0 aliphatic rings. The summed E-state index contributed by atoms with van der Waals surface area (Å²) in [6.07, 6.45) is 0.710. The molecule has 0 saturated heterocycles. The third kappa shape index (κ3) is 3.48. The van der Waals surface area contributed by atoms with E-state index in [2.05, 4.69) is 0 Å². The van der Waals surface area contributed by atoms with Crippen LogP contribution in [-0.4, -0.2) is 6.29 Å². The van der Waals surface area contributed by atoms with Gasteiger partial charge in [0.2, 0.25) is 0 Å². The van der Waals surface area contributed by atoms with Gasteiger partial charge < -0.3 is 9.15 Å². The molecule has 0 atom stereocenters. The first-order valence-electron chi connectivity index (χ1n) is 8.20. The van der Waals surface area contributed by atoms with Gasteiger partial charge >= 0.3 is 0 Å². The van der Waals surface area contributed by atoms with E-state index in [0.717, 1.165) is 5.56 Å². The van der Waals surface area contributed by atoms with Crippen LogP contribution in [0.4, 0.5) is 0 Å². The van der Waals surface area contributed by atoms with Crippen LogP contribution < -0.4 is 10.2 Å². The van der Waals surface area contributed by atoms with Gasteiger partial charge in [-0.1, -0.05) is 41.9 Å². The summed E-state index contributed by atoms with van der Waals surface area (Å²) in [7, 11) is 0. The molecule has 0 aliphatic heterocycles. The first-order chi connectivity index (χ1) is 13.1. The molecule has 4 rings (SSSR count). The first kappa shape index (κ1) is 17.1. The number of fused-ring (bicyclic) bond motifs is 1. The molecule has 0 amide bonds. The number of rotatable bonds is 4. The van der Waals surface area contributed by atoms with E-state index < -0.39 is 0 Å². The van der Waals surface area contributed by atoms with E-state index in [4.69, 9.17) is 20.8 Å². The first-order valence-corrected chi connectivity index (χ1v) is 8.58. The Morgan fingerprint density at radius 3 is 2.48 bits per heavy atom. The lowest BCUT2D eigenvalue weighted by molar-refractivity contribution is 0.112. The van der Waals surface area contributed by atoms with Crippen molar-refractivity contribution in [2.24, 2.45) is 0 Å². The Balaban J connectivity index is 1.72. The Labute approximate surface area is 159 Å². The highest BCUT2D eigenvalue weighted by atomic mass is 35.5. The SMILES string of the molecule is O=Cc1ccc(Oc2ccc3oc(-c4ccccc4)cc(=O)c3c2)c(Cl)c1. The summed E-state index contributed by atoms with van der Waals surface area (Å²) in [5.74, 6) is 1.35. The van der Waals surface area contributed by atoms with E-state index in [9.17, 15) is 9.59 Å². The topological polar surface area (TPSA) is 56.5 Å². The number of benzene rings is 3. The van der Waals surface area contributed by atoms with Crippen LogP contribution >= 0.6 is 11.6 Å². The lowest BCUT2D eigenvalue weighted by atomic mass is 10.1. The maximum Gasteiger partial charge on any atom is 0.193 e. The molecule has 0 aliphatic carbocycles. The molecule has 1 aromatic heterocycles. The zero-order valence-corrected chi connectivity index (χ0v) is 14.8. The Morgan fingerprint density at radius 1 is 0.926 bits per heavy atom. The standard InChI is InChI=1S/C22H13ClO4/c23-18-10-14(13-24)6-8-21(18)26-16-7-9-20-17(11-16)19(25)12-22(27-20)15-4-2-1-3-5-15/h1-13H. The Morgan fingerprint density at radius 2 is 1.74 bits per heavy atom. The zero-order chi connectivity index (χ0) is 18.8. The average Bonchev–Trinajstić information content (AvgIpc) is 2.70. The van der Waals surface area contributed by atoms with E-state index in [0.29, 0.717) is 45.1 Å². The number of ether oxygens (including phenoxy) is 1. The predicted octanol–water partition coefficient (Wildman–Crippen LogP) is 5.72. The van der Waals surface area contributed by atoms with Crippen molar-refractivity contribution in [3.63, 3.8) is 0 Å². The lowest BCUT2D eigenvalue weighted by Gasteiger charge is -2.09. The Bertz CT molecular complexity index is 1200. The molecule has 4 aromatic rings. The van der Waals surface area contributed by atoms with Crippen LogP contribution in [0.5, 0.6) is 11.5 Å². The largest absolute Gasteiger partial charge is 0.456 e. The zero-order valence-electron chi connectivity index (χ0n) is 14.0. The molecule has 0 bridgehead atoms. The number of carbonyl (C=O) groups is 1. The molecule has 0 unspecified atom stereocenters. The normalized spacial score (nSPS) is 10.7. The van der Waals surface area contributed by atoms with Crippen molar-refractivity contribution < 1.29 is 13.9 Å². The molecule has 27 heavy (non-hydrogen) atoms. The van der Waals surface area contributed by atoms with Crippen molar-refractivity contribution in [1.82, 2.24) is 0 Å². The van der Waals surface area contributed by atoms with Crippen LogP contribution in [0.25, 0.3) is 22.3 Å². The van der Waals surface area contributed by atoms with Crippen LogP contribution in [0.2, 0.25) is 5.02 Å². The van der Waals surface area contributed by atoms with Crippen molar-refractivity contribution in [2.45, 2.75) is 0 Å². The molecule has 3 aromatic carbocycles. The minimum Gasteiger partial charge on any atom is -0.456 e. The van der Waals surface area contributed by atoms with Gasteiger partial charge in [-0.05, 0) is 36.4 Å². The maximum atomic E-state index is 12.5. The highest BCUT2D eigenvalue weighted by Gasteiger charge is 2.10. The molecule has 132 valence electrons. The Kier molecular flexibility index (Phi) is 4.48. The molecule has 1 heterocycles. The van der Waals surface area contributed by atoms with Gasteiger partial charge in [0.1, 0.15) is 29.1 Å². The summed E-state index contributed by atoms with van der Waals surface area (Å²) in [6, 6.07) is 20.6. The van der Waals surface area contributed by atoms with Crippen molar-refractivity contribution >= 4 is 28.9 Å². The molecule has 0 fully saturated rings. The van der Waals surface area contributed by atoms with Crippen LogP contribution in [0.3, 0.4) is 0 Å². The van der Waals surface area contributed by atoms with Crippen LogP contribution in [0.1, 0.15) is 10.4 Å². The third-order valence-electron chi connectivity index (χ3n) is 4.08. The van der Waals surface area contributed by atoms with Gasteiger partial charge in [0.05, 0.1) is 10.4 Å². The van der Waals surface area contributed by atoms with E-state index in [1.54, 1.807) is 30.3 Å². The van der Waals surface area contributed by atoms with Crippen LogP contribution in [0, 0.1) is 0 Å². The van der Waals surface area contributed by atoms with Crippen molar-refractivity contribution in [3.8, 4) is 22.8 Å². The summed E-state index contributed by atoms with van der Waals surface area (Å²) >= 11 is 6.13. The fourth-order valence-electron chi connectivity index (χ4n) is 2.74. The number of carbonyl (C=O) groups excluding carboxylic acids is 1. The molecule has 0 radical (unpaired) electrons. The molecule has 0 N–H and O–H groups in total. The summed E-state index contributed by atoms with van der Waals surface area (Å²) in [4.78, 5) is 23.3. The van der Waals surface area contributed by atoms with Gasteiger partial charge in [0.25, 0.3) is 0 Å². The molecule has 0 saturated carbocycles. The van der Waals surface area contributed by atoms with Gasteiger partial charge in [-0.2, -0.15) is 0 Å². The van der Waals surface area contributed by atoms with E-state index in [1.807, 2.05) is 30.3 Å². The summed E-state index contributed by atoms with van der Waals surface area (Å²) in [5, 5.41) is 0.721. The Hall–Kier alpha value is -3.37. The average molecular weight is 377 g/mol. The second-order valence-corrected chi connectivity index (χ2v) is 6.32. The van der Waals surface area contributed by atoms with Crippen molar-refractivity contribution in [3.05, 3.63) is 93.6 Å². The quantitative estimate of drug-likeness (QED) is 0.427. The van der Waals surface area contributed by atoms with E-state index in [-0.39, 0.29) is 5.43 Å². The molecular formula is C22H13ClO4. The van der Waals surface area contributed by atoms with Gasteiger partial charge in [-0.15, -0.1) is 0 Å². The fourth-order valence-corrected chi connectivity index (χ4v) is 2.97. The molecule has 0 spiro atoms.